The number of nitro benzene ring substituents is 1. The number of Topliss-reactive ketones (excluding diaryl/α,β-unsaturated/α-hetero) is 1. The number of H-pyrrole nitrogens is 1. The molecule has 0 amide bonds. The lowest BCUT2D eigenvalue weighted by Crippen LogP contribution is -2.20. The summed E-state index contributed by atoms with van der Waals surface area (Å²) in [5.74, 6) is 5.31. The zero-order valence-corrected chi connectivity index (χ0v) is 11.9. The van der Waals surface area contributed by atoms with E-state index in [9.17, 15) is 14.9 Å². The number of rotatable bonds is 4. The topological polar surface area (TPSA) is 125 Å². The van der Waals surface area contributed by atoms with E-state index in [0.29, 0.717) is 10.9 Å². The highest BCUT2D eigenvalue weighted by Crippen LogP contribution is 2.22. The van der Waals surface area contributed by atoms with Crippen LogP contribution in [0.4, 0.5) is 5.69 Å². The predicted octanol–water partition coefficient (Wildman–Crippen LogP) is 1.40. The molecule has 9 nitrogen and oxygen atoms in total. The first-order valence-electron chi connectivity index (χ1n) is 6.16. The van der Waals surface area contributed by atoms with Crippen LogP contribution >= 0.6 is 12.2 Å². The number of nitrogens with zero attached hydrogens (tertiary/aromatic N) is 4. The Morgan fingerprint density at radius 3 is 2.86 bits per heavy atom. The Morgan fingerprint density at radius 2 is 2.23 bits per heavy atom. The van der Waals surface area contributed by atoms with Crippen molar-refractivity contribution in [3.05, 3.63) is 51.2 Å². The first-order chi connectivity index (χ1) is 10.5. The minimum atomic E-state index is -0.464. The Balaban J connectivity index is 1.94. The van der Waals surface area contributed by atoms with Gasteiger partial charge in [0, 0.05) is 29.2 Å². The Morgan fingerprint density at radius 1 is 1.45 bits per heavy atom. The third-order valence-corrected chi connectivity index (χ3v) is 3.52. The summed E-state index contributed by atoms with van der Waals surface area (Å²) in [6.45, 7) is -0.00185. The van der Waals surface area contributed by atoms with Crippen molar-refractivity contribution in [2.24, 2.45) is 0 Å². The number of hydrogen-bond acceptors (Lipinski definition) is 6. The van der Waals surface area contributed by atoms with E-state index in [1.54, 1.807) is 22.9 Å². The summed E-state index contributed by atoms with van der Waals surface area (Å²) in [5, 5.41) is 17.7. The highest BCUT2D eigenvalue weighted by molar-refractivity contribution is 7.71. The fraction of sp³-hybridized carbons (Fsp3) is 0.0833. The van der Waals surface area contributed by atoms with Crippen LogP contribution in [0.5, 0.6) is 0 Å². The van der Waals surface area contributed by atoms with Crippen molar-refractivity contribution in [1.29, 1.82) is 0 Å². The van der Waals surface area contributed by atoms with Gasteiger partial charge in [-0.1, -0.05) is 0 Å². The SMILES string of the molecule is Nn1c(C(=O)Cn2ccc3cc([N+](=O)[O-])ccc32)n[nH]c1=S. The van der Waals surface area contributed by atoms with E-state index in [0.717, 1.165) is 4.68 Å². The van der Waals surface area contributed by atoms with Crippen molar-refractivity contribution in [3.63, 3.8) is 0 Å². The number of nitrogens with two attached hydrogens (primary N) is 1. The van der Waals surface area contributed by atoms with Gasteiger partial charge in [0.25, 0.3) is 5.69 Å². The molecule has 0 aliphatic rings. The number of carbonyl (C=O) groups excluding carboxylic acids is 1. The number of nitro groups is 1. The van der Waals surface area contributed by atoms with E-state index < -0.39 is 4.92 Å². The van der Waals surface area contributed by atoms with Crippen LogP contribution in [-0.2, 0) is 6.54 Å². The fourth-order valence-electron chi connectivity index (χ4n) is 2.17. The first-order valence-corrected chi connectivity index (χ1v) is 6.57. The summed E-state index contributed by atoms with van der Waals surface area (Å²) >= 11 is 4.85. The quantitative estimate of drug-likeness (QED) is 0.246. The molecule has 3 rings (SSSR count). The van der Waals surface area contributed by atoms with Gasteiger partial charge >= 0.3 is 0 Å². The summed E-state index contributed by atoms with van der Waals surface area (Å²) in [6.07, 6.45) is 1.68. The molecule has 0 saturated carbocycles. The van der Waals surface area contributed by atoms with E-state index in [2.05, 4.69) is 10.2 Å². The number of hydrogen-bond donors (Lipinski definition) is 2. The summed E-state index contributed by atoms with van der Waals surface area (Å²) in [7, 11) is 0. The van der Waals surface area contributed by atoms with Gasteiger partial charge in [-0.05, 0) is 24.4 Å². The number of nitrogen functional groups attached to an aromatic ring is 1. The van der Waals surface area contributed by atoms with Gasteiger partial charge in [-0.2, -0.15) is 0 Å². The van der Waals surface area contributed by atoms with E-state index in [1.165, 1.54) is 12.1 Å². The summed E-state index contributed by atoms with van der Waals surface area (Å²) < 4.78 is 2.82. The molecule has 3 N–H and O–H groups in total. The van der Waals surface area contributed by atoms with E-state index in [4.69, 9.17) is 18.1 Å². The summed E-state index contributed by atoms with van der Waals surface area (Å²) in [4.78, 5) is 22.5. The van der Waals surface area contributed by atoms with E-state index in [-0.39, 0.29) is 28.6 Å². The number of aromatic amines is 1. The molecule has 0 unspecified atom stereocenters. The van der Waals surface area contributed by atoms with Crippen LogP contribution in [-0.4, -0.2) is 30.1 Å². The maximum absolute atomic E-state index is 12.2. The van der Waals surface area contributed by atoms with Crippen LogP contribution in [0.3, 0.4) is 0 Å². The summed E-state index contributed by atoms with van der Waals surface area (Å²) in [6, 6.07) is 6.15. The molecule has 3 aromatic rings. The highest BCUT2D eigenvalue weighted by atomic mass is 32.1. The second-order valence-corrected chi connectivity index (χ2v) is 4.98. The van der Waals surface area contributed by atoms with Crippen LogP contribution in [0.2, 0.25) is 0 Å². The molecule has 0 radical (unpaired) electrons. The zero-order chi connectivity index (χ0) is 15.9. The number of benzene rings is 1. The van der Waals surface area contributed by atoms with Gasteiger partial charge in [0.2, 0.25) is 16.4 Å². The van der Waals surface area contributed by atoms with Gasteiger partial charge in [0.1, 0.15) is 0 Å². The molecule has 0 fully saturated rings. The smallest absolute Gasteiger partial charge is 0.270 e. The molecule has 112 valence electrons. The Bertz CT molecular complexity index is 953. The average Bonchev–Trinajstić information content (AvgIpc) is 3.03. The van der Waals surface area contributed by atoms with Gasteiger partial charge < -0.3 is 10.4 Å². The molecule has 0 aliphatic heterocycles. The van der Waals surface area contributed by atoms with Gasteiger partial charge in [0.05, 0.1) is 11.5 Å². The fourth-order valence-corrected chi connectivity index (χ4v) is 2.30. The lowest BCUT2D eigenvalue weighted by atomic mass is 10.2. The number of aromatic nitrogens is 4. The lowest BCUT2D eigenvalue weighted by molar-refractivity contribution is -0.384. The zero-order valence-electron chi connectivity index (χ0n) is 11.1. The van der Waals surface area contributed by atoms with Gasteiger partial charge in [-0.3, -0.25) is 14.9 Å². The van der Waals surface area contributed by atoms with Crippen molar-refractivity contribution in [3.8, 4) is 0 Å². The van der Waals surface area contributed by atoms with Crippen molar-refractivity contribution in [1.82, 2.24) is 19.4 Å². The second kappa shape index (κ2) is 5.07. The van der Waals surface area contributed by atoms with Gasteiger partial charge in [-0.25, -0.2) is 9.77 Å². The van der Waals surface area contributed by atoms with E-state index in [1.807, 2.05) is 0 Å². The second-order valence-electron chi connectivity index (χ2n) is 4.59. The maximum Gasteiger partial charge on any atom is 0.270 e. The van der Waals surface area contributed by atoms with Crippen LogP contribution in [0.1, 0.15) is 10.6 Å². The molecule has 10 heteroatoms. The van der Waals surface area contributed by atoms with Crippen LogP contribution in [0, 0.1) is 14.9 Å². The Kier molecular flexibility index (Phi) is 3.22. The molecule has 0 aliphatic carbocycles. The highest BCUT2D eigenvalue weighted by Gasteiger charge is 2.16. The Hall–Kier alpha value is -3.01. The number of ketones is 1. The molecule has 0 saturated heterocycles. The monoisotopic (exact) mass is 318 g/mol. The van der Waals surface area contributed by atoms with Crippen molar-refractivity contribution >= 4 is 34.6 Å². The molecular weight excluding hydrogens is 308 g/mol. The molecule has 1 aromatic carbocycles. The molecule has 0 bridgehead atoms. The van der Waals surface area contributed by atoms with E-state index >= 15 is 0 Å². The molecule has 22 heavy (non-hydrogen) atoms. The van der Waals surface area contributed by atoms with Gasteiger partial charge in [-0.15, -0.1) is 5.10 Å². The van der Waals surface area contributed by atoms with Crippen LogP contribution in [0.15, 0.2) is 30.5 Å². The Labute approximate surface area is 128 Å². The van der Waals surface area contributed by atoms with Crippen molar-refractivity contribution in [2.75, 3.05) is 5.84 Å². The van der Waals surface area contributed by atoms with Crippen molar-refractivity contribution in [2.45, 2.75) is 6.54 Å². The number of carbonyl (C=O) groups is 1. The lowest BCUT2D eigenvalue weighted by Gasteiger charge is -2.04. The maximum atomic E-state index is 12.2. The first kappa shape index (κ1) is 13.9. The summed E-state index contributed by atoms with van der Waals surface area (Å²) in [5.41, 5.74) is 0.705. The minimum absolute atomic E-state index is 0.000531. The molecule has 2 heterocycles. The normalized spacial score (nSPS) is 10.9. The standard InChI is InChI=1S/C12H10N6O3S/c13-17-11(14-15-12(17)22)10(19)6-16-4-3-7-5-8(18(20)21)1-2-9(7)16/h1-5H,6,13H2,(H,15,22). The number of fused-ring (bicyclic) bond motifs is 1. The average molecular weight is 318 g/mol. The largest absolute Gasteiger partial charge is 0.340 e. The number of nitrogens with one attached hydrogen (secondary N) is 1. The molecule has 0 atom stereocenters. The van der Waals surface area contributed by atoms with Crippen LogP contribution < -0.4 is 5.84 Å². The van der Waals surface area contributed by atoms with Crippen LogP contribution in [0.25, 0.3) is 10.9 Å². The molecule has 0 spiro atoms. The van der Waals surface area contributed by atoms with Crippen molar-refractivity contribution < 1.29 is 9.72 Å². The van der Waals surface area contributed by atoms with Gasteiger partial charge in [0.15, 0.2) is 0 Å². The third-order valence-electron chi connectivity index (χ3n) is 3.23. The predicted molar refractivity (Wildman–Crippen MR) is 80.5 cm³/mol. The molecule has 2 aromatic heterocycles. The number of non-ortho nitro benzene ring substituents is 1. The minimum Gasteiger partial charge on any atom is -0.340 e. The third kappa shape index (κ3) is 2.24. The molecular formula is C12H10N6O3S.